The molecule has 0 bridgehead atoms. The maximum atomic E-state index is 13.1. The molecule has 0 spiro atoms. The van der Waals surface area contributed by atoms with Gasteiger partial charge < -0.3 is 0 Å². The number of amides is 1. The molecule has 0 atom stereocenters. The summed E-state index contributed by atoms with van der Waals surface area (Å²) in [4.78, 5) is 26.3. The van der Waals surface area contributed by atoms with E-state index < -0.39 is 22.3 Å². The van der Waals surface area contributed by atoms with Crippen molar-refractivity contribution in [2.45, 2.75) is 6.54 Å². The van der Waals surface area contributed by atoms with Crippen LogP contribution in [0.15, 0.2) is 30.7 Å². The number of benzene rings is 1. The van der Waals surface area contributed by atoms with Gasteiger partial charge in [0.05, 0.1) is 11.5 Å². The molecule has 0 radical (unpaired) electrons. The molecule has 2 aromatic heterocycles. The van der Waals surface area contributed by atoms with Gasteiger partial charge in [0.2, 0.25) is 11.6 Å². The molecular weight excluding hydrogens is 369 g/mol. The molecule has 0 aliphatic carbocycles. The Morgan fingerprint density at radius 1 is 1.42 bits per heavy atom. The van der Waals surface area contributed by atoms with Crippen molar-refractivity contribution in [3.05, 3.63) is 62.9 Å². The Kier molecular flexibility index (Phi) is 4.63. The Labute approximate surface area is 150 Å². The van der Waals surface area contributed by atoms with Crippen molar-refractivity contribution in [3.8, 4) is 0 Å². The van der Waals surface area contributed by atoms with Gasteiger partial charge in [0.1, 0.15) is 18.3 Å². The summed E-state index contributed by atoms with van der Waals surface area (Å²) in [6.45, 7) is 0.200. The summed E-state index contributed by atoms with van der Waals surface area (Å²) < 4.78 is 15.6. The number of anilines is 1. The van der Waals surface area contributed by atoms with E-state index in [1.807, 2.05) is 0 Å². The monoisotopic (exact) mass is 379 g/mol. The lowest BCUT2D eigenvalue weighted by Crippen LogP contribution is -2.16. The zero-order chi connectivity index (χ0) is 18.8. The summed E-state index contributed by atoms with van der Waals surface area (Å²) in [5, 5.41) is 21.3. The quantitative estimate of drug-likeness (QED) is 0.534. The fourth-order valence-corrected chi connectivity index (χ4v) is 2.41. The number of carbonyl (C=O) groups excluding carboxylic acids is 1. The van der Waals surface area contributed by atoms with Gasteiger partial charge in [-0.15, -0.1) is 5.10 Å². The predicted molar refractivity (Wildman–Crippen MR) is 88.3 cm³/mol. The van der Waals surface area contributed by atoms with Gasteiger partial charge in [-0.05, 0) is 17.7 Å². The molecule has 3 aromatic rings. The molecule has 134 valence electrons. The van der Waals surface area contributed by atoms with Gasteiger partial charge >= 0.3 is 5.69 Å². The SMILES string of the molecule is Cn1cc([N+](=O)[O-])c(C(=O)Nc2ncn(Cc3ccc(F)cc3Cl)n2)n1. The normalized spacial score (nSPS) is 10.7. The third-order valence-electron chi connectivity index (χ3n) is 3.33. The highest BCUT2D eigenvalue weighted by Crippen LogP contribution is 2.19. The Morgan fingerprint density at radius 3 is 2.88 bits per heavy atom. The number of hydrogen-bond acceptors (Lipinski definition) is 6. The van der Waals surface area contributed by atoms with Crippen LogP contribution in [0.3, 0.4) is 0 Å². The lowest BCUT2D eigenvalue weighted by molar-refractivity contribution is -0.385. The summed E-state index contributed by atoms with van der Waals surface area (Å²) >= 11 is 5.95. The van der Waals surface area contributed by atoms with Crippen LogP contribution in [0.2, 0.25) is 5.02 Å². The number of aryl methyl sites for hydroxylation is 1. The van der Waals surface area contributed by atoms with Gasteiger partial charge in [-0.1, -0.05) is 17.7 Å². The summed E-state index contributed by atoms with van der Waals surface area (Å²) in [6.07, 6.45) is 2.46. The average Bonchev–Trinajstić information content (AvgIpc) is 3.16. The molecule has 12 heteroatoms. The molecule has 0 saturated carbocycles. The third kappa shape index (κ3) is 3.67. The molecule has 0 unspecified atom stereocenters. The van der Waals surface area contributed by atoms with Crippen LogP contribution in [-0.4, -0.2) is 35.4 Å². The van der Waals surface area contributed by atoms with E-state index in [4.69, 9.17) is 11.6 Å². The smallest absolute Gasteiger partial charge is 0.287 e. The molecule has 26 heavy (non-hydrogen) atoms. The Bertz CT molecular complexity index is 1000. The van der Waals surface area contributed by atoms with Crippen LogP contribution >= 0.6 is 11.6 Å². The number of carbonyl (C=O) groups is 1. The van der Waals surface area contributed by atoms with E-state index in [1.165, 1.54) is 36.3 Å². The van der Waals surface area contributed by atoms with Crippen LogP contribution in [0.5, 0.6) is 0 Å². The van der Waals surface area contributed by atoms with Crippen molar-refractivity contribution < 1.29 is 14.1 Å². The van der Waals surface area contributed by atoms with Crippen LogP contribution in [0, 0.1) is 15.9 Å². The molecule has 1 aromatic carbocycles. The first-order valence-electron chi connectivity index (χ1n) is 7.16. The first kappa shape index (κ1) is 17.5. The largest absolute Gasteiger partial charge is 0.320 e. The fraction of sp³-hybridized carbons (Fsp3) is 0.143. The second-order valence-corrected chi connectivity index (χ2v) is 5.66. The Hall–Kier alpha value is -3.34. The van der Waals surface area contributed by atoms with Crippen LogP contribution in [-0.2, 0) is 13.6 Å². The summed E-state index contributed by atoms with van der Waals surface area (Å²) in [6, 6.07) is 3.95. The minimum absolute atomic E-state index is 0.0619. The molecular formula is C14H11ClFN7O3. The van der Waals surface area contributed by atoms with Crippen molar-refractivity contribution >= 4 is 29.1 Å². The first-order chi connectivity index (χ1) is 12.3. The van der Waals surface area contributed by atoms with E-state index in [0.717, 1.165) is 10.9 Å². The lowest BCUT2D eigenvalue weighted by atomic mass is 10.2. The highest BCUT2D eigenvalue weighted by Gasteiger charge is 2.25. The van der Waals surface area contributed by atoms with Gasteiger partial charge in [-0.25, -0.2) is 14.1 Å². The number of aromatic nitrogens is 5. The van der Waals surface area contributed by atoms with Crippen LogP contribution in [0.1, 0.15) is 16.1 Å². The highest BCUT2D eigenvalue weighted by atomic mass is 35.5. The minimum Gasteiger partial charge on any atom is -0.287 e. The van der Waals surface area contributed by atoms with Crippen molar-refractivity contribution in [2.24, 2.45) is 7.05 Å². The number of halogens is 2. The topological polar surface area (TPSA) is 121 Å². The van der Waals surface area contributed by atoms with E-state index in [9.17, 15) is 19.3 Å². The molecule has 0 fully saturated rings. The Morgan fingerprint density at radius 2 is 2.19 bits per heavy atom. The van der Waals surface area contributed by atoms with Crippen LogP contribution in [0.25, 0.3) is 0 Å². The van der Waals surface area contributed by atoms with E-state index in [0.29, 0.717) is 5.56 Å². The first-order valence-corrected chi connectivity index (χ1v) is 7.54. The Balaban J connectivity index is 1.74. The fourth-order valence-electron chi connectivity index (χ4n) is 2.18. The highest BCUT2D eigenvalue weighted by molar-refractivity contribution is 6.31. The molecule has 0 aliphatic heterocycles. The number of rotatable bonds is 5. The maximum Gasteiger partial charge on any atom is 0.320 e. The zero-order valence-electron chi connectivity index (χ0n) is 13.3. The maximum absolute atomic E-state index is 13.1. The lowest BCUT2D eigenvalue weighted by Gasteiger charge is -2.03. The van der Waals surface area contributed by atoms with Gasteiger partial charge in [-0.2, -0.15) is 5.10 Å². The van der Waals surface area contributed by atoms with E-state index in [-0.39, 0.29) is 23.2 Å². The van der Waals surface area contributed by atoms with Crippen molar-refractivity contribution in [1.29, 1.82) is 0 Å². The second-order valence-electron chi connectivity index (χ2n) is 5.25. The molecule has 0 saturated heterocycles. The van der Waals surface area contributed by atoms with Gasteiger partial charge in [0, 0.05) is 12.1 Å². The molecule has 1 N–H and O–H groups in total. The second kappa shape index (κ2) is 6.88. The molecule has 1 amide bonds. The summed E-state index contributed by atoms with van der Waals surface area (Å²) in [7, 11) is 1.46. The van der Waals surface area contributed by atoms with Crippen molar-refractivity contribution in [1.82, 2.24) is 24.5 Å². The number of nitrogens with one attached hydrogen (secondary N) is 1. The molecule has 0 aliphatic rings. The number of hydrogen-bond donors (Lipinski definition) is 1. The number of nitrogens with zero attached hydrogens (tertiary/aromatic N) is 6. The zero-order valence-corrected chi connectivity index (χ0v) is 14.0. The van der Waals surface area contributed by atoms with Gasteiger partial charge in [0.15, 0.2) is 0 Å². The molecule has 2 heterocycles. The van der Waals surface area contributed by atoms with Crippen LogP contribution in [0.4, 0.5) is 16.0 Å². The molecule has 10 nitrogen and oxygen atoms in total. The predicted octanol–water partition coefficient (Wildman–Crippen LogP) is 2.01. The standard InChI is InChI=1S/C14H11ClFN7O3/c1-21-6-11(23(25)26)12(19-21)13(24)18-14-17-7-22(20-14)5-8-2-3-9(16)4-10(8)15/h2-4,6-7H,5H2,1H3,(H,18,20,24). The average molecular weight is 380 g/mol. The summed E-state index contributed by atoms with van der Waals surface area (Å²) in [5.74, 6) is -1.33. The van der Waals surface area contributed by atoms with E-state index in [2.05, 4.69) is 20.5 Å². The summed E-state index contributed by atoms with van der Waals surface area (Å²) in [5.41, 5.74) is -0.172. The van der Waals surface area contributed by atoms with Gasteiger partial charge in [-0.3, -0.25) is 24.9 Å². The van der Waals surface area contributed by atoms with E-state index in [1.54, 1.807) is 0 Å². The third-order valence-corrected chi connectivity index (χ3v) is 3.68. The van der Waals surface area contributed by atoms with Crippen LogP contribution < -0.4 is 5.32 Å². The number of nitro groups is 1. The van der Waals surface area contributed by atoms with E-state index >= 15 is 0 Å². The minimum atomic E-state index is -0.810. The van der Waals surface area contributed by atoms with Gasteiger partial charge in [0.25, 0.3) is 5.91 Å². The van der Waals surface area contributed by atoms with Crippen molar-refractivity contribution in [2.75, 3.05) is 5.32 Å². The molecule has 3 rings (SSSR count). The van der Waals surface area contributed by atoms with Crippen molar-refractivity contribution in [3.63, 3.8) is 0 Å².